The van der Waals surface area contributed by atoms with Gasteiger partial charge in [0.2, 0.25) is 0 Å². The van der Waals surface area contributed by atoms with Gasteiger partial charge >= 0.3 is 6.09 Å². The summed E-state index contributed by atoms with van der Waals surface area (Å²) in [6.45, 7) is 0.449. The standard InChI is InChI=1S/C11H10Br2N4O2/c1-14-11(18)19-10-7(2-8(12)3-9(10)13)4-17-6-15-5-16-17/h2-3,5-6H,4H2,1H3,(H,14,18). The molecule has 2 aromatic rings. The highest BCUT2D eigenvalue weighted by molar-refractivity contribution is 9.11. The van der Waals surface area contributed by atoms with Crippen molar-refractivity contribution in [3.8, 4) is 5.75 Å². The first kappa shape index (κ1) is 14.0. The molecule has 0 unspecified atom stereocenters. The number of aromatic nitrogens is 3. The van der Waals surface area contributed by atoms with Crippen LogP contribution in [0, 0.1) is 0 Å². The van der Waals surface area contributed by atoms with E-state index in [1.54, 1.807) is 11.0 Å². The molecule has 1 aromatic carbocycles. The number of halogens is 2. The number of benzene rings is 1. The molecule has 1 heterocycles. The highest BCUT2D eigenvalue weighted by atomic mass is 79.9. The summed E-state index contributed by atoms with van der Waals surface area (Å²) >= 11 is 6.78. The van der Waals surface area contributed by atoms with Gasteiger partial charge in [0, 0.05) is 17.1 Å². The summed E-state index contributed by atoms with van der Waals surface area (Å²) in [5.41, 5.74) is 0.801. The molecule has 2 rings (SSSR count). The Morgan fingerprint density at radius 1 is 1.47 bits per heavy atom. The predicted molar refractivity (Wildman–Crippen MR) is 76.0 cm³/mol. The van der Waals surface area contributed by atoms with Gasteiger partial charge in [-0.15, -0.1) is 0 Å². The summed E-state index contributed by atoms with van der Waals surface area (Å²) in [5.74, 6) is 0.457. The lowest BCUT2D eigenvalue weighted by Gasteiger charge is -2.12. The van der Waals surface area contributed by atoms with Gasteiger partial charge in [-0.3, -0.25) is 0 Å². The fraction of sp³-hybridized carbons (Fsp3) is 0.182. The minimum absolute atomic E-state index is 0.449. The van der Waals surface area contributed by atoms with Crippen LogP contribution in [-0.4, -0.2) is 27.9 Å². The van der Waals surface area contributed by atoms with E-state index in [9.17, 15) is 4.79 Å². The van der Waals surface area contributed by atoms with Gasteiger partial charge in [0.15, 0.2) is 5.75 Å². The number of nitrogens with one attached hydrogen (secondary N) is 1. The Bertz CT molecular complexity index is 587. The summed E-state index contributed by atoms with van der Waals surface area (Å²) in [6, 6.07) is 3.67. The molecule has 0 fully saturated rings. The third kappa shape index (κ3) is 3.54. The Labute approximate surface area is 126 Å². The van der Waals surface area contributed by atoms with Crippen LogP contribution in [0.5, 0.6) is 5.75 Å². The average Bonchev–Trinajstić information content (AvgIpc) is 2.86. The minimum Gasteiger partial charge on any atom is -0.409 e. The van der Waals surface area contributed by atoms with Gasteiger partial charge in [-0.2, -0.15) is 5.10 Å². The van der Waals surface area contributed by atoms with Crippen molar-refractivity contribution in [2.75, 3.05) is 7.05 Å². The topological polar surface area (TPSA) is 69.0 Å². The lowest BCUT2D eigenvalue weighted by Crippen LogP contribution is -2.23. The van der Waals surface area contributed by atoms with E-state index in [1.807, 2.05) is 12.1 Å². The lowest BCUT2D eigenvalue weighted by molar-refractivity contribution is 0.202. The van der Waals surface area contributed by atoms with E-state index in [2.05, 4.69) is 47.3 Å². The van der Waals surface area contributed by atoms with E-state index in [4.69, 9.17) is 4.74 Å². The zero-order valence-electron chi connectivity index (χ0n) is 9.93. The van der Waals surface area contributed by atoms with E-state index < -0.39 is 6.09 Å². The van der Waals surface area contributed by atoms with Crippen molar-refractivity contribution in [2.45, 2.75) is 6.54 Å². The van der Waals surface area contributed by atoms with Crippen molar-refractivity contribution >= 4 is 38.0 Å². The van der Waals surface area contributed by atoms with Crippen molar-refractivity contribution in [3.63, 3.8) is 0 Å². The zero-order valence-corrected chi connectivity index (χ0v) is 13.1. The molecule has 0 saturated heterocycles. The van der Waals surface area contributed by atoms with E-state index >= 15 is 0 Å². The minimum atomic E-state index is -0.525. The Kier molecular flexibility index (Phi) is 4.54. The van der Waals surface area contributed by atoms with E-state index in [-0.39, 0.29) is 0 Å². The number of carbonyl (C=O) groups excluding carboxylic acids is 1. The number of hydrogen-bond acceptors (Lipinski definition) is 4. The van der Waals surface area contributed by atoms with Crippen LogP contribution in [0.15, 0.2) is 33.7 Å². The van der Waals surface area contributed by atoms with Crippen LogP contribution in [0.1, 0.15) is 5.56 Å². The number of amides is 1. The number of hydrogen-bond donors (Lipinski definition) is 1. The second kappa shape index (κ2) is 6.16. The van der Waals surface area contributed by atoms with E-state index in [1.165, 1.54) is 13.4 Å². The Morgan fingerprint density at radius 3 is 2.89 bits per heavy atom. The summed E-state index contributed by atoms with van der Waals surface area (Å²) in [7, 11) is 1.51. The van der Waals surface area contributed by atoms with Gasteiger partial charge in [-0.1, -0.05) is 15.9 Å². The molecule has 0 bridgehead atoms. The van der Waals surface area contributed by atoms with E-state index in [0.717, 1.165) is 10.0 Å². The maximum Gasteiger partial charge on any atom is 0.412 e. The largest absolute Gasteiger partial charge is 0.412 e. The molecule has 1 aromatic heterocycles. The number of nitrogens with zero attached hydrogens (tertiary/aromatic N) is 3. The maximum absolute atomic E-state index is 11.4. The maximum atomic E-state index is 11.4. The average molecular weight is 390 g/mol. The predicted octanol–water partition coefficient (Wildman–Crippen LogP) is 2.57. The van der Waals surface area contributed by atoms with Gasteiger partial charge in [0.05, 0.1) is 11.0 Å². The van der Waals surface area contributed by atoms with E-state index in [0.29, 0.717) is 16.8 Å². The monoisotopic (exact) mass is 388 g/mol. The molecule has 0 aliphatic carbocycles. The first-order chi connectivity index (χ1) is 9.10. The van der Waals surface area contributed by atoms with Crippen molar-refractivity contribution < 1.29 is 9.53 Å². The number of ether oxygens (including phenoxy) is 1. The Morgan fingerprint density at radius 2 is 2.26 bits per heavy atom. The first-order valence-corrected chi connectivity index (χ1v) is 6.88. The Balaban J connectivity index is 2.36. The normalized spacial score (nSPS) is 10.3. The highest BCUT2D eigenvalue weighted by Crippen LogP contribution is 2.33. The summed E-state index contributed by atoms with van der Waals surface area (Å²) in [5, 5.41) is 6.44. The smallest absolute Gasteiger partial charge is 0.409 e. The summed E-state index contributed by atoms with van der Waals surface area (Å²) in [6.07, 6.45) is 2.52. The fourth-order valence-electron chi connectivity index (χ4n) is 1.48. The second-order valence-electron chi connectivity index (χ2n) is 3.61. The van der Waals surface area contributed by atoms with Crippen molar-refractivity contribution in [3.05, 3.63) is 39.3 Å². The van der Waals surface area contributed by atoms with Gasteiger partial charge < -0.3 is 10.1 Å². The van der Waals surface area contributed by atoms with Crippen molar-refractivity contribution in [2.24, 2.45) is 0 Å². The van der Waals surface area contributed by atoms with Crippen LogP contribution in [0.4, 0.5) is 4.79 Å². The van der Waals surface area contributed by atoms with Crippen molar-refractivity contribution in [1.82, 2.24) is 20.1 Å². The number of rotatable bonds is 3. The van der Waals surface area contributed by atoms with Crippen LogP contribution in [0.2, 0.25) is 0 Å². The Hall–Kier alpha value is -1.41. The van der Waals surface area contributed by atoms with Gasteiger partial charge in [0.1, 0.15) is 12.7 Å². The van der Waals surface area contributed by atoms with Crippen molar-refractivity contribution in [1.29, 1.82) is 0 Å². The molecule has 0 aliphatic heterocycles. The molecule has 0 radical (unpaired) electrons. The molecule has 1 amide bonds. The van der Waals surface area contributed by atoms with Gasteiger partial charge in [-0.05, 0) is 28.1 Å². The molecule has 1 N–H and O–H groups in total. The lowest BCUT2D eigenvalue weighted by atomic mass is 10.2. The van der Waals surface area contributed by atoms with Gasteiger partial charge in [0.25, 0.3) is 0 Å². The molecule has 0 aliphatic rings. The van der Waals surface area contributed by atoms with Crippen LogP contribution in [-0.2, 0) is 6.54 Å². The number of carbonyl (C=O) groups is 1. The van der Waals surface area contributed by atoms with Crippen LogP contribution in [0.25, 0.3) is 0 Å². The van der Waals surface area contributed by atoms with Crippen LogP contribution >= 0.6 is 31.9 Å². The quantitative estimate of drug-likeness (QED) is 0.875. The fourth-order valence-corrected chi connectivity index (χ4v) is 2.87. The van der Waals surface area contributed by atoms with Crippen LogP contribution in [0.3, 0.4) is 0 Å². The molecule has 6 nitrogen and oxygen atoms in total. The molecular formula is C11H10Br2N4O2. The molecule has 0 spiro atoms. The molecule has 0 atom stereocenters. The molecule has 100 valence electrons. The van der Waals surface area contributed by atoms with Crippen LogP contribution < -0.4 is 10.1 Å². The third-order valence-corrected chi connectivity index (χ3v) is 3.33. The molecule has 0 saturated carbocycles. The molecule has 8 heteroatoms. The second-order valence-corrected chi connectivity index (χ2v) is 5.38. The summed E-state index contributed by atoms with van der Waals surface area (Å²) in [4.78, 5) is 15.3. The third-order valence-electron chi connectivity index (χ3n) is 2.28. The first-order valence-electron chi connectivity index (χ1n) is 5.30. The summed E-state index contributed by atoms with van der Waals surface area (Å²) < 4.78 is 8.45. The molecular weight excluding hydrogens is 380 g/mol. The SMILES string of the molecule is CNC(=O)Oc1c(Br)cc(Br)cc1Cn1cncn1. The zero-order chi connectivity index (χ0) is 13.8. The molecule has 19 heavy (non-hydrogen) atoms. The van der Waals surface area contributed by atoms with Gasteiger partial charge in [-0.25, -0.2) is 14.5 Å². The highest BCUT2D eigenvalue weighted by Gasteiger charge is 2.14.